The highest BCUT2D eigenvalue weighted by atomic mass is 14.5. The zero-order valence-electron chi connectivity index (χ0n) is 9.72. The molecule has 0 heterocycles. The topological polar surface area (TPSA) is 26.0 Å². The molecule has 1 heteroatoms. The van der Waals surface area contributed by atoms with Gasteiger partial charge in [-0.3, -0.25) is 0 Å². The maximum Gasteiger partial charge on any atom is -0.00367 e. The van der Waals surface area contributed by atoms with E-state index in [1.54, 1.807) is 0 Å². The van der Waals surface area contributed by atoms with Crippen LogP contribution in [-0.4, -0.2) is 6.54 Å². The van der Waals surface area contributed by atoms with Crippen LogP contribution in [0.15, 0.2) is 24.3 Å². The van der Waals surface area contributed by atoms with E-state index in [4.69, 9.17) is 5.73 Å². The molecule has 0 fully saturated rings. The van der Waals surface area contributed by atoms with Crippen LogP contribution in [0.5, 0.6) is 0 Å². The summed E-state index contributed by atoms with van der Waals surface area (Å²) in [5.74, 6) is 0. The van der Waals surface area contributed by atoms with Crippen molar-refractivity contribution in [3.63, 3.8) is 0 Å². The van der Waals surface area contributed by atoms with E-state index in [9.17, 15) is 0 Å². The number of aryl methyl sites for hydroxylation is 1. The third-order valence-corrected chi connectivity index (χ3v) is 2.05. The number of hydrogen-bond donors (Lipinski definition) is 1. The number of benzene rings is 1. The van der Waals surface area contributed by atoms with Gasteiger partial charge in [-0.1, -0.05) is 56.5 Å². The van der Waals surface area contributed by atoms with Crippen molar-refractivity contribution in [1.29, 1.82) is 0 Å². The van der Waals surface area contributed by atoms with Crippen LogP contribution in [0.4, 0.5) is 0 Å². The fourth-order valence-corrected chi connectivity index (χ4v) is 0.921. The van der Waals surface area contributed by atoms with Gasteiger partial charge in [0.25, 0.3) is 0 Å². The summed E-state index contributed by atoms with van der Waals surface area (Å²) in [7, 11) is 0. The maximum absolute atomic E-state index is 5.40. The van der Waals surface area contributed by atoms with Crippen LogP contribution in [0.1, 0.15) is 37.8 Å². The van der Waals surface area contributed by atoms with Crippen molar-refractivity contribution in [2.75, 3.05) is 6.54 Å². The Morgan fingerprint density at radius 1 is 1.00 bits per heavy atom. The summed E-state index contributed by atoms with van der Waals surface area (Å²) in [6.45, 7) is 7.19. The van der Waals surface area contributed by atoms with E-state index in [1.165, 1.54) is 24.0 Å². The molecule has 1 rings (SSSR count). The minimum atomic E-state index is 0.739. The maximum atomic E-state index is 5.40. The third kappa shape index (κ3) is 6.67. The summed E-state index contributed by atoms with van der Waals surface area (Å²) in [6.07, 6.45) is 3.63. The Morgan fingerprint density at radius 3 is 1.86 bits per heavy atom. The van der Waals surface area contributed by atoms with Gasteiger partial charge in [0.05, 0.1) is 0 Å². The van der Waals surface area contributed by atoms with Crippen LogP contribution in [0.25, 0.3) is 0 Å². The molecule has 0 bridgehead atoms. The number of hydrogen-bond acceptors (Lipinski definition) is 1. The molecule has 0 radical (unpaired) electrons. The Hall–Kier alpha value is -0.820. The summed E-state index contributed by atoms with van der Waals surface area (Å²) >= 11 is 0. The molecule has 1 aromatic rings. The summed E-state index contributed by atoms with van der Waals surface area (Å²) in [5, 5.41) is 0. The van der Waals surface area contributed by atoms with Crippen molar-refractivity contribution in [3.05, 3.63) is 35.4 Å². The molecule has 14 heavy (non-hydrogen) atoms. The predicted molar refractivity (Wildman–Crippen MR) is 64.5 cm³/mol. The van der Waals surface area contributed by atoms with Gasteiger partial charge < -0.3 is 5.73 Å². The van der Waals surface area contributed by atoms with E-state index in [0.717, 1.165) is 13.0 Å². The predicted octanol–water partition coefficient (Wildman–Crippen LogP) is 3.30. The Morgan fingerprint density at radius 2 is 1.50 bits per heavy atom. The van der Waals surface area contributed by atoms with Crippen molar-refractivity contribution >= 4 is 0 Å². The van der Waals surface area contributed by atoms with Gasteiger partial charge in [-0.15, -0.1) is 0 Å². The highest BCUT2D eigenvalue weighted by molar-refractivity contribution is 5.21. The first-order chi connectivity index (χ1) is 6.74. The van der Waals surface area contributed by atoms with E-state index in [1.807, 2.05) is 0 Å². The summed E-state index contributed by atoms with van der Waals surface area (Å²) in [6, 6.07) is 8.49. The van der Waals surface area contributed by atoms with E-state index in [2.05, 4.69) is 45.0 Å². The molecular weight excluding hydrogens is 170 g/mol. The summed E-state index contributed by atoms with van der Waals surface area (Å²) in [5.41, 5.74) is 8.03. The Bertz CT molecular complexity index is 211. The van der Waals surface area contributed by atoms with Gasteiger partial charge >= 0.3 is 0 Å². The van der Waals surface area contributed by atoms with Crippen LogP contribution in [-0.2, 0) is 6.42 Å². The quantitative estimate of drug-likeness (QED) is 0.783. The minimum Gasteiger partial charge on any atom is -0.330 e. The molecule has 0 amide bonds. The van der Waals surface area contributed by atoms with Crippen LogP contribution < -0.4 is 5.73 Å². The lowest BCUT2D eigenvalue weighted by atomic mass is 10.1. The zero-order chi connectivity index (χ0) is 10.8. The first-order valence-electron chi connectivity index (χ1n) is 5.50. The minimum absolute atomic E-state index is 0.739. The number of rotatable bonds is 3. The summed E-state index contributed by atoms with van der Waals surface area (Å²) < 4.78 is 0. The van der Waals surface area contributed by atoms with Gasteiger partial charge in [-0.2, -0.15) is 0 Å². The van der Waals surface area contributed by atoms with E-state index in [-0.39, 0.29) is 0 Å². The summed E-state index contributed by atoms with van der Waals surface area (Å²) in [4.78, 5) is 0. The van der Waals surface area contributed by atoms with Gasteiger partial charge in [-0.05, 0) is 25.5 Å². The van der Waals surface area contributed by atoms with Crippen LogP contribution in [0.3, 0.4) is 0 Å². The van der Waals surface area contributed by atoms with Gasteiger partial charge in [0, 0.05) is 0 Å². The monoisotopic (exact) mass is 193 g/mol. The molecular formula is C13H23N. The zero-order valence-corrected chi connectivity index (χ0v) is 9.72. The number of nitrogens with two attached hydrogens (primary N) is 1. The second kappa shape index (κ2) is 8.76. The smallest absolute Gasteiger partial charge is 0.00367 e. The Balaban J connectivity index is 0.000000364. The first kappa shape index (κ1) is 13.2. The molecule has 0 atom stereocenters. The second-order valence-corrected chi connectivity index (χ2v) is 3.52. The average molecular weight is 193 g/mol. The molecule has 1 nitrogen and oxygen atoms in total. The van der Waals surface area contributed by atoms with Gasteiger partial charge in [0.15, 0.2) is 0 Å². The number of unbranched alkanes of at least 4 members (excludes halogenated alkanes) is 1. The van der Waals surface area contributed by atoms with Crippen molar-refractivity contribution < 1.29 is 0 Å². The molecule has 0 saturated carbocycles. The molecule has 2 N–H and O–H groups in total. The van der Waals surface area contributed by atoms with Gasteiger partial charge in [-0.25, -0.2) is 0 Å². The normalized spacial score (nSPS) is 9.14. The standard InChI is InChI=1S/C9H13N.C4H10/c1-8-2-4-9(5-3-8)6-7-10;1-3-4-2/h2-5H,6-7,10H2,1H3;3-4H2,1-2H3. The lowest BCUT2D eigenvalue weighted by molar-refractivity contribution is 0.886. The fourth-order valence-electron chi connectivity index (χ4n) is 0.921. The SMILES string of the molecule is CCCC.Cc1ccc(CCN)cc1. The van der Waals surface area contributed by atoms with Gasteiger partial charge in [0.1, 0.15) is 0 Å². The molecule has 80 valence electrons. The van der Waals surface area contributed by atoms with Crippen molar-refractivity contribution in [1.82, 2.24) is 0 Å². The molecule has 0 aliphatic heterocycles. The highest BCUT2D eigenvalue weighted by Crippen LogP contribution is 2.02. The van der Waals surface area contributed by atoms with Crippen LogP contribution in [0.2, 0.25) is 0 Å². The average Bonchev–Trinajstić information content (AvgIpc) is 2.22. The van der Waals surface area contributed by atoms with Crippen molar-refractivity contribution in [2.24, 2.45) is 5.73 Å². The van der Waals surface area contributed by atoms with E-state index in [0.29, 0.717) is 0 Å². The molecule has 0 spiro atoms. The second-order valence-electron chi connectivity index (χ2n) is 3.52. The third-order valence-electron chi connectivity index (χ3n) is 2.05. The Labute approximate surface area is 88.3 Å². The Kier molecular flexibility index (Phi) is 8.25. The highest BCUT2D eigenvalue weighted by Gasteiger charge is 1.88. The van der Waals surface area contributed by atoms with Crippen molar-refractivity contribution in [2.45, 2.75) is 40.0 Å². The van der Waals surface area contributed by atoms with E-state index >= 15 is 0 Å². The van der Waals surface area contributed by atoms with E-state index < -0.39 is 0 Å². The largest absolute Gasteiger partial charge is 0.330 e. The molecule has 0 aliphatic carbocycles. The van der Waals surface area contributed by atoms with Gasteiger partial charge in [0.2, 0.25) is 0 Å². The van der Waals surface area contributed by atoms with Crippen molar-refractivity contribution in [3.8, 4) is 0 Å². The molecule has 0 aromatic heterocycles. The molecule has 0 saturated heterocycles. The van der Waals surface area contributed by atoms with Crippen LogP contribution in [0, 0.1) is 6.92 Å². The first-order valence-corrected chi connectivity index (χ1v) is 5.50. The molecule has 1 aromatic carbocycles. The lowest BCUT2D eigenvalue weighted by Gasteiger charge is -1.97. The van der Waals surface area contributed by atoms with Crippen LogP contribution >= 0.6 is 0 Å². The lowest BCUT2D eigenvalue weighted by Crippen LogP contribution is -2.02. The fraction of sp³-hybridized carbons (Fsp3) is 0.538. The molecule has 0 aliphatic rings. The molecule has 0 unspecified atom stereocenters.